The molecule has 3 aromatic carbocycles. The van der Waals surface area contributed by atoms with Crippen LogP contribution < -0.4 is 14.0 Å². The van der Waals surface area contributed by atoms with Crippen LogP contribution in [-0.2, 0) is 19.8 Å². The van der Waals surface area contributed by atoms with Gasteiger partial charge in [0, 0.05) is 16.7 Å². The molecule has 0 aromatic heterocycles. The zero-order valence-electron chi connectivity index (χ0n) is 15.2. The van der Waals surface area contributed by atoms with Crippen LogP contribution in [0.2, 0.25) is 0 Å². The zero-order valence-corrected chi connectivity index (χ0v) is 15.2. The third-order valence-corrected chi connectivity index (χ3v) is 4.10. The normalized spacial score (nSPS) is 10.4. The third kappa shape index (κ3) is 4.83. The molecule has 0 amide bonds. The quantitative estimate of drug-likeness (QED) is 0.495. The van der Waals surface area contributed by atoms with Crippen molar-refractivity contribution in [2.24, 2.45) is 0 Å². The van der Waals surface area contributed by atoms with E-state index < -0.39 is 7.32 Å². The summed E-state index contributed by atoms with van der Waals surface area (Å²) in [5.41, 5.74) is 1.72. The summed E-state index contributed by atoms with van der Waals surface area (Å²) in [4.78, 5) is 0. The summed E-state index contributed by atoms with van der Waals surface area (Å²) in [5.74, 6) is 1.20. The van der Waals surface area contributed by atoms with Gasteiger partial charge < -0.3 is 29.3 Å². The molecule has 7 heteroatoms. The molecule has 0 saturated heterocycles. The fraction of sp³-hybridized carbons (Fsp3) is 0.143. The molecule has 0 atom stereocenters. The van der Waals surface area contributed by atoms with Crippen LogP contribution >= 0.6 is 0 Å². The lowest BCUT2D eigenvalue weighted by Crippen LogP contribution is -2.37. The molecule has 0 aliphatic heterocycles. The topological polar surface area (TPSA) is 88.4 Å². The molecule has 0 fully saturated rings. The summed E-state index contributed by atoms with van der Waals surface area (Å²) in [7, 11) is -1.21. The van der Waals surface area contributed by atoms with Crippen molar-refractivity contribution in [2.45, 2.75) is 19.8 Å². The van der Waals surface area contributed by atoms with Crippen molar-refractivity contribution in [2.75, 3.05) is 0 Å². The second-order valence-electron chi connectivity index (χ2n) is 5.94. The standard InChI is InChI=1S/C21H21BO6/c23-13-16-7-1-4-10-19(16)26-22(27-20-11-5-2-8-17(20)14-24)28-21-12-6-3-9-18(21)15-25/h1-12,23-25H,13-15H2. The van der Waals surface area contributed by atoms with E-state index in [2.05, 4.69) is 0 Å². The molecule has 0 aliphatic rings. The molecule has 0 bridgehead atoms. The van der Waals surface area contributed by atoms with Crippen molar-refractivity contribution in [3.63, 3.8) is 0 Å². The largest absolute Gasteiger partial charge is 0.864 e. The maximum atomic E-state index is 9.55. The van der Waals surface area contributed by atoms with E-state index in [0.717, 1.165) is 0 Å². The molecule has 144 valence electrons. The lowest BCUT2D eigenvalue weighted by molar-refractivity contribution is 0.257. The Morgan fingerprint density at radius 3 is 1.07 bits per heavy atom. The van der Waals surface area contributed by atoms with Crippen molar-refractivity contribution in [1.29, 1.82) is 0 Å². The van der Waals surface area contributed by atoms with Crippen LogP contribution in [-0.4, -0.2) is 22.6 Å². The molecule has 0 heterocycles. The van der Waals surface area contributed by atoms with E-state index >= 15 is 0 Å². The monoisotopic (exact) mass is 380 g/mol. The number of aliphatic hydroxyl groups is 3. The first kappa shape index (κ1) is 19.8. The van der Waals surface area contributed by atoms with Gasteiger partial charge >= 0.3 is 7.32 Å². The van der Waals surface area contributed by atoms with Crippen LogP contribution in [0.4, 0.5) is 0 Å². The highest BCUT2D eigenvalue weighted by Gasteiger charge is 2.32. The lowest BCUT2D eigenvalue weighted by atomic mass is 10.1. The van der Waals surface area contributed by atoms with Crippen molar-refractivity contribution >= 4 is 7.32 Å². The second-order valence-corrected chi connectivity index (χ2v) is 5.94. The van der Waals surface area contributed by atoms with E-state index in [9.17, 15) is 15.3 Å². The van der Waals surface area contributed by atoms with Gasteiger partial charge in [-0.2, -0.15) is 0 Å². The molecule has 3 aromatic rings. The summed E-state index contributed by atoms with van der Waals surface area (Å²) < 4.78 is 17.6. The van der Waals surface area contributed by atoms with Gasteiger partial charge in [-0.3, -0.25) is 0 Å². The van der Waals surface area contributed by atoms with Crippen LogP contribution in [0.15, 0.2) is 72.8 Å². The van der Waals surface area contributed by atoms with Gasteiger partial charge in [-0.05, 0) is 18.2 Å². The highest BCUT2D eigenvalue weighted by molar-refractivity contribution is 6.39. The Morgan fingerprint density at radius 2 is 0.786 bits per heavy atom. The highest BCUT2D eigenvalue weighted by Crippen LogP contribution is 2.25. The van der Waals surface area contributed by atoms with Crippen LogP contribution in [0.5, 0.6) is 17.2 Å². The van der Waals surface area contributed by atoms with E-state index in [-0.39, 0.29) is 19.8 Å². The number of aliphatic hydroxyl groups excluding tert-OH is 3. The Labute approximate surface area is 163 Å². The zero-order chi connectivity index (χ0) is 19.8. The molecule has 28 heavy (non-hydrogen) atoms. The first-order valence-electron chi connectivity index (χ1n) is 8.81. The van der Waals surface area contributed by atoms with Gasteiger partial charge in [0.2, 0.25) is 0 Å². The van der Waals surface area contributed by atoms with E-state index in [0.29, 0.717) is 33.9 Å². The van der Waals surface area contributed by atoms with Crippen molar-refractivity contribution < 1.29 is 29.3 Å². The highest BCUT2D eigenvalue weighted by atomic mass is 16.7. The van der Waals surface area contributed by atoms with Gasteiger partial charge in [0.25, 0.3) is 0 Å². The molecular formula is C21H21BO6. The van der Waals surface area contributed by atoms with Gasteiger partial charge in [0.15, 0.2) is 0 Å². The van der Waals surface area contributed by atoms with E-state index in [1.807, 2.05) is 0 Å². The summed E-state index contributed by atoms with van der Waals surface area (Å²) >= 11 is 0. The van der Waals surface area contributed by atoms with E-state index in [1.165, 1.54) is 0 Å². The molecule has 0 unspecified atom stereocenters. The van der Waals surface area contributed by atoms with Crippen molar-refractivity contribution in [3.8, 4) is 17.2 Å². The van der Waals surface area contributed by atoms with Crippen molar-refractivity contribution in [3.05, 3.63) is 89.5 Å². The summed E-state index contributed by atoms with van der Waals surface area (Å²) in [5, 5.41) is 28.6. The van der Waals surface area contributed by atoms with Gasteiger partial charge in [0.05, 0.1) is 19.8 Å². The Balaban J connectivity index is 1.91. The fourth-order valence-corrected chi connectivity index (χ4v) is 2.63. The SMILES string of the molecule is OCc1ccccc1OB(Oc1ccccc1CO)Oc1ccccc1CO. The minimum atomic E-state index is -1.21. The third-order valence-electron chi connectivity index (χ3n) is 4.10. The van der Waals surface area contributed by atoms with Crippen molar-refractivity contribution in [1.82, 2.24) is 0 Å². The number of benzene rings is 3. The number of para-hydroxylation sites is 3. The second kappa shape index (κ2) is 9.80. The molecule has 0 radical (unpaired) electrons. The fourth-order valence-electron chi connectivity index (χ4n) is 2.63. The summed E-state index contributed by atoms with van der Waals surface area (Å²) in [6, 6.07) is 21.0. The minimum Gasteiger partial charge on any atom is -0.489 e. The predicted molar refractivity (Wildman–Crippen MR) is 105 cm³/mol. The van der Waals surface area contributed by atoms with E-state index in [4.69, 9.17) is 14.0 Å². The van der Waals surface area contributed by atoms with Crippen LogP contribution in [0.1, 0.15) is 16.7 Å². The predicted octanol–water partition coefficient (Wildman–Crippen LogP) is 2.69. The molecule has 3 N–H and O–H groups in total. The van der Waals surface area contributed by atoms with Gasteiger partial charge in [-0.25, -0.2) is 0 Å². The summed E-state index contributed by atoms with van der Waals surface area (Å²) in [6.07, 6.45) is 0. The molecule has 3 rings (SSSR count). The number of rotatable bonds is 9. The smallest absolute Gasteiger partial charge is 0.489 e. The Kier molecular flexibility index (Phi) is 6.92. The maximum absolute atomic E-state index is 9.55. The minimum absolute atomic E-state index is 0.205. The first-order valence-corrected chi connectivity index (χ1v) is 8.81. The molecule has 6 nitrogen and oxygen atoms in total. The number of hydrogen-bond acceptors (Lipinski definition) is 6. The van der Waals surface area contributed by atoms with E-state index in [1.54, 1.807) is 72.8 Å². The molecule has 0 saturated carbocycles. The van der Waals surface area contributed by atoms with Gasteiger partial charge in [0.1, 0.15) is 17.2 Å². The number of hydrogen-bond donors (Lipinski definition) is 3. The van der Waals surface area contributed by atoms with Crippen LogP contribution in [0, 0.1) is 0 Å². The van der Waals surface area contributed by atoms with Gasteiger partial charge in [-0.15, -0.1) is 0 Å². The Bertz CT molecular complexity index is 784. The Hall–Kier alpha value is -3.00. The van der Waals surface area contributed by atoms with Crippen LogP contribution in [0.3, 0.4) is 0 Å². The lowest BCUT2D eigenvalue weighted by Gasteiger charge is -2.20. The molecular weight excluding hydrogens is 359 g/mol. The molecule has 0 spiro atoms. The maximum Gasteiger partial charge on any atom is 0.864 e. The Morgan fingerprint density at radius 1 is 0.500 bits per heavy atom. The summed E-state index contributed by atoms with van der Waals surface area (Å²) in [6.45, 7) is -0.615. The average Bonchev–Trinajstić information content (AvgIpc) is 2.75. The van der Waals surface area contributed by atoms with Gasteiger partial charge in [-0.1, -0.05) is 54.6 Å². The average molecular weight is 380 g/mol. The van der Waals surface area contributed by atoms with Crippen LogP contribution in [0.25, 0.3) is 0 Å². The first-order chi connectivity index (χ1) is 13.7. The molecule has 0 aliphatic carbocycles.